The molecule has 3 rings (SSSR count). The molecule has 0 radical (unpaired) electrons. The van der Waals surface area contributed by atoms with E-state index in [1.165, 1.54) is 25.8 Å². The maximum atomic E-state index is 12.4. The highest BCUT2D eigenvalue weighted by Crippen LogP contribution is 2.20. The Hall–Kier alpha value is -2.67. The van der Waals surface area contributed by atoms with E-state index in [-0.39, 0.29) is 5.91 Å². The van der Waals surface area contributed by atoms with Crippen LogP contribution in [0.15, 0.2) is 42.5 Å². The lowest BCUT2D eigenvalue weighted by atomic mass is 9.94. The fourth-order valence-electron chi connectivity index (χ4n) is 3.28. The average molecular weight is 374 g/mol. The molecule has 1 aliphatic heterocycles. The van der Waals surface area contributed by atoms with Crippen molar-refractivity contribution in [1.82, 2.24) is 9.80 Å². The van der Waals surface area contributed by atoms with Crippen molar-refractivity contribution < 1.29 is 24.6 Å². The molecule has 1 aromatic carbocycles. The number of allylic oxidation sites excluding steroid dienone is 2. The zero-order valence-corrected chi connectivity index (χ0v) is 15.3. The molecule has 7 nitrogen and oxygen atoms in total. The van der Waals surface area contributed by atoms with Crippen molar-refractivity contribution in [2.45, 2.75) is 19.3 Å². The first kappa shape index (κ1) is 20.6. The molecular formula is C20H26N2O5. The summed E-state index contributed by atoms with van der Waals surface area (Å²) in [5.41, 5.74) is 0.809. The van der Waals surface area contributed by atoms with Crippen LogP contribution in [-0.2, 0) is 9.59 Å². The van der Waals surface area contributed by atoms with Gasteiger partial charge in [0.25, 0.3) is 5.91 Å². The molecule has 1 aliphatic carbocycles. The molecule has 1 aromatic rings. The maximum Gasteiger partial charge on any atom is 0.414 e. The van der Waals surface area contributed by atoms with Gasteiger partial charge in [-0.2, -0.15) is 0 Å². The molecule has 2 aliphatic rings. The number of amides is 1. The van der Waals surface area contributed by atoms with Crippen LogP contribution in [0.25, 0.3) is 0 Å². The summed E-state index contributed by atoms with van der Waals surface area (Å²) < 4.78 is 0. The Morgan fingerprint density at radius 3 is 2.07 bits per heavy atom. The maximum absolute atomic E-state index is 12.4. The molecule has 0 aromatic heterocycles. The first-order valence-corrected chi connectivity index (χ1v) is 9.15. The van der Waals surface area contributed by atoms with Gasteiger partial charge in [-0.05, 0) is 37.3 Å². The molecule has 1 unspecified atom stereocenters. The van der Waals surface area contributed by atoms with Crippen molar-refractivity contribution in [3.63, 3.8) is 0 Å². The molecule has 0 spiro atoms. The number of carboxylic acid groups (broad SMARTS) is 2. The second-order valence-electron chi connectivity index (χ2n) is 6.72. The SMILES string of the molecule is O=C(O)C(=O)O.O=C(c1ccccc1)N1CCN(CC2CC=CCC2)CC1. The largest absolute Gasteiger partial charge is 0.473 e. The fraction of sp³-hybridized carbons (Fsp3) is 0.450. The van der Waals surface area contributed by atoms with Gasteiger partial charge in [0.15, 0.2) is 0 Å². The topological polar surface area (TPSA) is 98.1 Å². The Kier molecular flexibility index (Phi) is 8.00. The van der Waals surface area contributed by atoms with Crippen molar-refractivity contribution in [3.8, 4) is 0 Å². The summed E-state index contributed by atoms with van der Waals surface area (Å²) in [6.07, 6.45) is 8.40. The number of hydrogen-bond acceptors (Lipinski definition) is 4. The zero-order valence-electron chi connectivity index (χ0n) is 15.3. The minimum atomic E-state index is -1.82. The van der Waals surface area contributed by atoms with Gasteiger partial charge in [0.2, 0.25) is 0 Å². The summed E-state index contributed by atoms with van der Waals surface area (Å²) in [6.45, 7) is 4.93. The van der Waals surface area contributed by atoms with Crippen LogP contribution < -0.4 is 0 Å². The third kappa shape index (κ3) is 6.86. The fourth-order valence-corrected chi connectivity index (χ4v) is 3.28. The molecule has 7 heteroatoms. The number of hydrogen-bond donors (Lipinski definition) is 2. The summed E-state index contributed by atoms with van der Waals surface area (Å²) >= 11 is 0. The molecule has 2 N–H and O–H groups in total. The van der Waals surface area contributed by atoms with E-state index < -0.39 is 11.9 Å². The molecule has 1 atom stereocenters. The van der Waals surface area contributed by atoms with Crippen LogP contribution in [0, 0.1) is 5.92 Å². The van der Waals surface area contributed by atoms with Crippen LogP contribution in [0.2, 0.25) is 0 Å². The highest BCUT2D eigenvalue weighted by atomic mass is 16.4. The molecular weight excluding hydrogens is 348 g/mol. The Bertz CT molecular complexity index is 654. The van der Waals surface area contributed by atoms with Gasteiger partial charge in [0.1, 0.15) is 0 Å². The molecule has 27 heavy (non-hydrogen) atoms. The number of carbonyl (C=O) groups is 3. The van der Waals surface area contributed by atoms with Crippen molar-refractivity contribution in [3.05, 3.63) is 48.0 Å². The van der Waals surface area contributed by atoms with E-state index >= 15 is 0 Å². The van der Waals surface area contributed by atoms with E-state index in [0.717, 1.165) is 37.7 Å². The second-order valence-corrected chi connectivity index (χ2v) is 6.72. The smallest absolute Gasteiger partial charge is 0.414 e. The quantitative estimate of drug-likeness (QED) is 0.620. The Labute approximate surface area is 158 Å². The van der Waals surface area contributed by atoms with Gasteiger partial charge in [-0.1, -0.05) is 30.4 Å². The van der Waals surface area contributed by atoms with Crippen molar-refractivity contribution in [2.24, 2.45) is 5.92 Å². The van der Waals surface area contributed by atoms with Gasteiger partial charge in [0.05, 0.1) is 0 Å². The van der Waals surface area contributed by atoms with Crippen LogP contribution in [0.5, 0.6) is 0 Å². The zero-order chi connectivity index (χ0) is 19.6. The van der Waals surface area contributed by atoms with Crippen LogP contribution in [-0.4, -0.2) is 70.6 Å². The standard InChI is InChI=1S/C18H24N2O.C2H2O4/c21-18(17-9-5-2-6-10-17)20-13-11-19(12-14-20)15-16-7-3-1-4-8-16;3-1(4)2(5)6/h1-3,5-6,9-10,16H,4,7-8,11-15H2;(H,3,4)(H,5,6). The lowest BCUT2D eigenvalue weighted by Gasteiger charge is -2.36. The third-order valence-corrected chi connectivity index (χ3v) is 4.76. The van der Waals surface area contributed by atoms with E-state index in [9.17, 15) is 4.79 Å². The number of carboxylic acids is 2. The molecule has 0 saturated carbocycles. The number of aliphatic carboxylic acids is 2. The predicted molar refractivity (Wildman–Crippen MR) is 101 cm³/mol. The van der Waals surface area contributed by atoms with Crippen molar-refractivity contribution in [2.75, 3.05) is 32.7 Å². The van der Waals surface area contributed by atoms with Gasteiger partial charge < -0.3 is 15.1 Å². The van der Waals surface area contributed by atoms with Gasteiger partial charge in [-0.15, -0.1) is 0 Å². The van der Waals surface area contributed by atoms with Crippen LogP contribution in [0.4, 0.5) is 0 Å². The summed E-state index contributed by atoms with van der Waals surface area (Å²) in [5, 5.41) is 14.8. The van der Waals surface area contributed by atoms with Gasteiger partial charge in [0, 0.05) is 38.3 Å². The lowest BCUT2D eigenvalue weighted by molar-refractivity contribution is -0.159. The number of carbonyl (C=O) groups excluding carboxylic acids is 1. The predicted octanol–water partition coefficient (Wildman–Crippen LogP) is 1.96. The monoisotopic (exact) mass is 374 g/mol. The number of piperazine rings is 1. The minimum Gasteiger partial charge on any atom is -0.473 e. The van der Waals surface area contributed by atoms with Crippen molar-refractivity contribution >= 4 is 17.8 Å². The lowest BCUT2D eigenvalue weighted by Crippen LogP contribution is -2.49. The third-order valence-electron chi connectivity index (χ3n) is 4.76. The first-order chi connectivity index (χ1) is 13.0. The second kappa shape index (κ2) is 10.5. The molecule has 1 fully saturated rings. The van der Waals surface area contributed by atoms with Crippen LogP contribution >= 0.6 is 0 Å². The van der Waals surface area contributed by atoms with E-state index in [1.807, 2.05) is 35.2 Å². The molecule has 1 heterocycles. The van der Waals surface area contributed by atoms with Gasteiger partial charge >= 0.3 is 11.9 Å². The Balaban J connectivity index is 0.000000380. The summed E-state index contributed by atoms with van der Waals surface area (Å²) in [4.78, 5) is 35.1. The Morgan fingerprint density at radius 1 is 0.926 bits per heavy atom. The molecule has 146 valence electrons. The number of rotatable bonds is 3. The molecule has 0 bridgehead atoms. The molecule has 1 amide bonds. The first-order valence-electron chi connectivity index (χ1n) is 9.15. The molecule has 1 saturated heterocycles. The highest BCUT2D eigenvalue weighted by molar-refractivity contribution is 6.27. The summed E-state index contributed by atoms with van der Waals surface area (Å²) in [7, 11) is 0. The van der Waals surface area contributed by atoms with Crippen LogP contribution in [0.1, 0.15) is 29.6 Å². The van der Waals surface area contributed by atoms with Gasteiger partial charge in [-0.25, -0.2) is 9.59 Å². The normalized spacial score (nSPS) is 19.7. The van der Waals surface area contributed by atoms with Crippen molar-refractivity contribution in [1.29, 1.82) is 0 Å². The number of nitrogens with zero attached hydrogens (tertiary/aromatic N) is 2. The Morgan fingerprint density at radius 2 is 1.56 bits per heavy atom. The van der Waals surface area contributed by atoms with E-state index in [0.29, 0.717) is 0 Å². The summed E-state index contributed by atoms with van der Waals surface area (Å²) in [6, 6.07) is 9.62. The van der Waals surface area contributed by atoms with Crippen LogP contribution in [0.3, 0.4) is 0 Å². The van der Waals surface area contributed by atoms with E-state index in [4.69, 9.17) is 19.8 Å². The van der Waals surface area contributed by atoms with E-state index in [2.05, 4.69) is 17.1 Å². The minimum absolute atomic E-state index is 0.177. The average Bonchev–Trinajstić information content (AvgIpc) is 2.70. The summed E-state index contributed by atoms with van der Waals surface area (Å²) in [5.74, 6) is -2.66. The highest BCUT2D eigenvalue weighted by Gasteiger charge is 2.23. The number of benzene rings is 1. The van der Waals surface area contributed by atoms with E-state index in [1.54, 1.807) is 0 Å². The van der Waals surface area contributed by atoms with Gasteiger partial charge in [-0.3, -0.25) is 9.69 Å².